The summed E-state index contributed by atoms with van der Waals surface area (Å²) in [7, 11) is 1.79. The van der Waals surface area contributed by atoms with Crippen molar-refractivity contribution in [3.8, 4) is 22.5 Å². The van der Waals surface area contributed by atoms with Gasteiger partial charge in [0, 0.05) is 29.9 Å². The Morgan fingerprint density at radius 2 is 1.74 bits per heavy atom. The van der Waals surface area contributed by atoms with Crippen LogP contribution in [0.5, 0.6) is 0 Å². The summed E-state index contributed by atoms with van der Waals surface area (Å²) in [5.74, 6) is -0.568. The van der Waals surface area contributed by atoms with E-state index in [0.29, 0.717) is 38.0 Å². The second-order valence-electron chi connectivity index (χ2n) is 6.90. The lowest BCUT2D eigenvalue weighted by molar-refractivity contribution is 0.102. The zero-order valence-corrected chi connectivity index (χ0v) is 17.2. The molecule has 31 heavy (non-hydrogen) atoms. The maximum absolute atomic E-state index is 14.4. The standard InChI is InChI=1S/C23H16FN5OS/c1-29-13-16(20(28-29)15-9-5-6-10-17(15)24)18-11-12-19-22(25-18)31-23(26-19)27-21(30)14-7-3-2-4-8-14/h2-13H,1H3,(H,26,27,30). The van der Waals surface area contributed by atoms with E-state index < -0.39 is 0 Å². The first kappa shape index (κ1) is 19.1. The van der Waals surface area contributed by atoms with Gasteiger partial charge in [0.2, 0.25) is 0 Å². The van der Waals surface area contributed by atoms with Gasteiger partial charge in [-0.05, 0) is 36.4 Å². The van der Waals surface area contributed by atoms with Gasteiger partial charge in [-0.25, -0.2) is 14.4 Å². The highest BCUT2D eigenvalue weighted by Gasteiger charge is 2.18. The number of thiazole rings is 1. The van der Waals surface area contributed by atoms with Gasteiger partial charge in [0.1, 0.15) is 21.9 Å². The molecule has 1 N–H and O–H groups in total. The molecule has 3 aromatic heterocycles. The molecule has 3 heterocycles. The largest absolute Gasteiger partial charge is 0.298 e. The quantitative estimate of drug-likeness (QED) is 0.429. The molecule has 0 unspecified atom stereocenters. The highest BCUT2D eigenvalue weighted by atomic mass is 32.1. The van der Waals surface area contributed by atoms with Gasteiger partial charge in [0.15, 0.2) is 5.13 Å². The third-order valence-electron chi connectivity index (χ3n) is 4.75. The number of nitrogens with one attached hydrogen (secondary N) is 1. The minimum absolute atomic E-state index is 0.228. The Kier molecular flexibility index (Phi) is 4.76. The van der Waals surface area contributed by atoms with Crippen molar-refractivity contribution in [2.24, 2.45) is 7.05 Å². The molecule has 2 aromatic carbocycles. The molecule has 6 nitrogen and oxygen atoms in total. The van der Waals surface area contributed by atoms with Crippen molar-refractivity contribution in [1.29, 1.82) is 0 Å². The normalized spacial score (nSPS) is 11.0. The van der Waals surface area contributed by atoms with Gasteiger partial charge in [0.05, 0.1) is 5.69 Å². The molecule has 1 amide bonds. The van der Waals surface area contributed by atoms with Gasteiger partial charge in [-0.3, -0.25) is 14.8 Å². The molecule has 0 radical (unpaired) electrons. The molecule has 0 saturated carbocycles. The topological polar surface area (TPSA) is 72.7 Å². The van der Waals surface area contributed by atoms with Crippen LogP contribution in [0.4, 0.5) is 9.52 Å². The highest BCUT2D eigenvalue weighted by molar-refractivity contribution is 7.22. The van der Waals surface area contributed by atoms with Crippen molar-refractivity contribution in [3.63, 3.8) is 0 Å². The van der Waals surface area contributed by atoms with E-state index >= 15 is 0 Å². The second-order valence-corrected chi connectivity index (χ2v) is 7.88. The Hall–Kier alpha value is -3.91. The number of aromatic nitrogens is 4. The number of rotatable bonds is 4. The average Bonchev–Trinajstić information content (AvgIpc) is 3.36. The van der Waals surface area contributed by atoms with E-state index in [2.05, 4.69) is 15.4 Å². The summed E-state index contributed by atoms with van der Waals surface area (Å²) in [6, 6.07) is 19.2. The smallest absolute Gasteiger partial charge is 0.257 e. The van der Waals surface area contributed by atoms with Crippen molar-refractivity contribution in [2.75, 3.05) is 5.32 Å². The Bertz CT molecular complexity index is 1410. The summed E-state index contributed by atoms with van der Waals surface area (Å²) in [6.07, 6.45) is 1.81. The van der Waals surface area contributed by atoms with E-state index in [-0.39, 0.29) is 11.7 Å². The number of hydrogen-bond donors (Lipinski definition) is 1. The Labute approximate surface area is 181 Å². The number of anilines is 1. The van der Waals surface area contributed by atoms with Crippen LogP contribution in [0.1, 0.15) is 10.4 Å². The molecule has 152 valence electrons. The molecular formula is C23H16FN5OS. The zero-order valence-electron chi connectivity index (χ0n) is 16.4. The number of aryl methyl sites for hydroxylation is 1. The van der Waals surface area contributed by atoms with Gasteiger partial charge < -0.3 is 0 Å². The van der Waals surface area contributed by atoms with Gasteiger partial charge in [-0.15, -0.1) is 0 Å². The number of carbonyl (C=O) groups is 1. The Morgan fingerprint density at radius 3 is 2.55 bits per heavy atom. The van der Waals surface area contributed by atoms with Crippen LogP contribution in [0.15, 0.2) is 72.9 Å². The molecule has 0 aliphatic heterocycles. The van der Waals surface area contributed by atoms with E-state index in [1.165, 1.54) is 17.4 Å². The summed E-state index contributed by atoms with van der Waals surface area (Å²) < 4.78 is 16.0. The fraction of sp³-hybridized carbons (Fsp3) is 0.0435. The van der Waals surface area contributed by atoms with E-state index in [1.54, 1.807) is 42.1 Å². The van der Waals surface area contributed by atoms with Crippen LogP contribution in [0, 0.1) is 5.82 Å². The number of hydrogen-bond acceptors (Lipinski definition) is 5. The number of fused-ring (bicyclic) bond motifs is 1. The molecule has 0 fully saturated rings. The first-order valence-electron chi connectivity index (χ1n) is 9.51. The van der Waals surface area contributed by atoms with Crippen LogP contribution in [0.2, 0.25) is 0 Å². The molecule has 0 saturated heterocycles. The predicted molar refractivity (Wildman–Crippen MR) is 119 cm³/mol. The highest BCUT2D eigenvalue weighted by Crippen LogP contribution is 2.33. The summed E-state index contributed by atoms with van der Waals surface area (Å²) in [5.41, 5.74) is 3.55. The minimum atomic E-state index is -0.341. The number of pyridine rings is 1. The van der Waals surface area contributed by atoms with Crippen LogP contribution in [-0.4, -0.2) is 25.7 Å². The number of halogens is 1. The van der Waals surface area contributed by atoms with Crippen LogP contribution in [-0.2, 0) is 7.05 Å². The molecule has 0 bridgehead atoms. The first-order valence-corrected chi connectivity index (χ1v) is 10.3. The van der Waals surface area contributed by atoms with E-state index in [1.807, 2.05) is 36.5 Å². The van der Waals surface area contributed by atoms with Crippen molar-refractivity contribution in [2.45, 2.75) is 0 Å². The predicted octanol–water partition coefficient (Wildman–Crippen LogP) is 5.15. The summed E-state index contributed by atoms with van der Waals surface area (Å²) in [6.45, 7) is 0. The molecule has 0 spiro atoms. The monoisotopic (exact) mass is 429 g/mol. The SMILES string of the molecule is Cn1cc(-c2ccc3nc(NC(=O)c4ccccc4)sc3n2)c(-c2ccccc2F)n1. The average molecular weight is 429 g/mol. The van der Waals surface area contributed by atoms with Crippen LogP contribution >= 0.6 is 11.3 Å². The zero-order chi connectivity index (χ0) is 21.4. The second kappa shape index (κ2) is 7.73. The molecule has 0 aliphatic rings. The fourth-order valence-electron chi connectivity index (χ4n) is 3.31. The van der Waals surface area contributed by atoms with Gasteiger partial charge >= 0.3 is 0 Å². The van der Waals surface area contributed by atoms with Crippen LogP contribution in [0.3, 0.4) is 0 Å². The number of amides is 1. The van der Waals surface area contributed by atoms with Crippen molar-refractivity contribution in [1.82, 2.24) is 19.7 Å². The van der Waals surface area contributed by atoms with Gasteiger partial charge in [-0.1, -0.05) is 41.7 Å². The Balaban J connectivity index is 1.50. The lowest BCUT2D eigenvalue weighted by Gasteiger charge is -2.03. The fourth-order valence-corrected chi connectivity index (χ4v) is 4.14. The van der Waals surface area contributed by atoms with Crippen LogP contribution in [0.25, 0.3) is 32.9 Å². The molecule has 0 aliphatic carbocycles. The lowest BCUT2D eigenvalue weighted by atomic mass is 10.1. The van der Waals surface area contributed by atoms with E-state index in [0.717, 1.165) is 5.56 Å². The number of carbonyl (C=O) groups excluding carboxylic acids is 1. The maximum Gasteiger partial charge on any atom is 0.257 e. The number of nitrogens with zero attached hydrogens (tertiary/aromatic N) is 4. The Morgan fingerprint density at radius 1 is 0.968 bits per heavy atom. The third kappa shape index (κ3) is 3.69. The van der Waals surface area contributed by atoms with Gasteiger partial charge in [0.25, 0.3) is 5.91 Å². The summed E-state index contributed by atoms with van der Waals surface area (Å²) in [4.78, 5) is 22.2. The van der Waals surface area contributed by atoms with Crippen molar-refractivity contribution >= 4 is 32.7 Å². The third-order valence-corrected chi connectivity index (χ3v) is 5.63. The van der Waals surface area contributed by atoms with Gasteiger partial charge in [-0.2, -0.15) is 5.10 Å². The minimum Gasteiger partial charge on any atom is -0.298 e. The number of benzene rings is 2. The summed E-state index contributed by atoms with van der Waals surface area (Å²) >= 11 is 1.29. The van der Waals surface area contributed by atoms with E-state index in [9.17, 15) is 9.18 Å². The van der Waals surface area contributed by atoms with Crippen molar-refractivity contribution < 1.29 is 9.18 Å². The summed E-state index contributed by atoms with van der Waals surface area (Å²) in [5, 5.41) is 7.73. The lowest BCUT2D eigenvalue weighted by Crippen LogP contribution is -2.11. The van der Waals surface area contributed by atoms with Crippen molar-refractivity contribution in [3.05, 3.63) is 84.3 Å². The molecule has 8 heteroatoms. The maximum atomic E-state index is 14.4. The molecule has 5 rings (SSSR count). The molecule has 5 aromatic rings. The first-order chi connectivity index (χ1) is 15.1. The molecule has 0 atom stereocenters. The van der Waals surface area contributed by atoms with E-state index in [4.69, 9.17) is 4.98 Å². The van der Waals surface area contributed by atoms with Crippen LogP contribution < -0.4 is 5.32 Å². The molecular weight excluding hydrogens is 413 g/mol.